The van der Waals surface area contributed by atoms with E-state index in [1.165, 1.54) is 25.6 Å². The van der Waals surface area contributed by atoms with Gasteiger partial charge in [0, 0.05) is 43.8 Å². The number of methoxy groups -OCH3 is 2. The Morgan fingerprint density at radius 2 is 1.81 bits per heavy atom. The average Bonchev–Trinajstić information content (AvgIpc) is 3.30. The molecule has 1 aromatic carbocycles. The molecule has 162 valence electrons. The van der Waals surface area contributed by atoms with Crippen LogP contribution in [0.2, 0.25) is 0 Å². The third-order valence-corrected chi connectivity index (χ3v) is 5.23. The molecule has 1 aliphatic carbocycles. The van der Waals surface area contributed by atoms with E-state index in [4.69, 9.17) is 14.2 Å². The van der Waals surface area contributed by atoms with Crippen LogP contribution in [0.1, 0.15) is 12.8 Å². The van der Waals surface area contributed by atoms with Crippen LogP contribution < -0.4 is 14.8 Å². The fourth-order valence-electron chi connectivity index (χ4n) is 3.65. The Labute approximate surface area is 179 Å². The fourth-order valence-corrected chi connectivity index (χ4v) is 3.65. The van der Waals surface area contributed by atoms with E-state index in [1.54, 1.807) is 19.2 Å². The minimum Gasteiger partial charge on any atom is -0.493 e. The molecule has 1 N–H and O–H groups in total. The number of anilines is 1. The van der Waals surface area contributed by atoms with Crippen molar-refractivity contribution in [2.45, 2.75) is 12.8 Å². The van der Waals surface area contributed by atoms with Crippen molar-refractivity contribution >= 4 is 28.3 Å². The molecular weight excluding hydrogens is 400 g/mol. The quantitative estimate of drug-likeness (QED) is 0.504. The molecule has 0 radical (unpaired) electrons. The normalized spacial score (nSPS) is 16.4. The molecular formula is C22H24N4O5. The predicted octanol–water partition coefficient (Wildman–Crippen LogP) is 2.09. The number of nitrogens with one attached hydrogen (secondary N) is 1. The van der Waals surface area contributed by atoms with Gasteiger partial charge in [0.15, 0.2) is 11.5 Å². The molecule has 2 aromatic rings. The molecule has 9 nitrogen and oxygen atoms in total. The summed E-state index contributed by atoms with van der Waals surface area (Å²) in [5.74, 6) is 0.974. The lowest BCUT2D eigenvalue weighted by atomic mass is 10.1. The zero-order chi connectivity index (χ0) is 21.8. The standard InChI is InChI=1S/C22H24N4O5/c1-29-7-8-31-21-11-15-14(9-20(21)30-2)22(24-13-23-15)25-16-10-19(28)17(12-18(16)27)26-5-3-4-6-26/h9-13H,3-8H2,1-2H3,(H,23,24,25). The number of allylic oxidation sites excluding steroid dienone is 2. The van der Waals surface area contributed by atoms with Crippen LogP contribution in [0.3, 0.4) is 0 Å². The topological polar surface area (TPSA) is 103 Å². The maximum absolute atomic E-state index is 12.7. The highest BCUT2D eigenvalue weighted by molar-refractivity contribution is 6.21. The highest BCUT2D eigenvalue weighted by atomic mass is 16.5. The van der Waals surface area contributed by atoms with E-state index in [2.05, 4.69) is 15.3 Å². The number of fused-ring (bicyclic) bond motifs is 1. The number of rotatable bonds is 8. The van der Waals surface area contributed by atoms with Crippen LogP contribution in [-0.2, 0) is 14.3 Å². The number of hydrogen-bond donors (Lipinski definition) is 1. The molecule has 1 aliphatic heterocycles. The van der Waals surface area contributed by atoms with Gasteiger partial charge in [0.2, 0.25) is 11.6 Å². The molecule has 9 heteroatoms. The van der Waals surface area contributed by atoms with Crippen molar-refractivity contribution in [1.82, 2.24) is 14.9 Å². The van der Waals surface area contributed by atoms with Gasteiger partial charge >= 0.3 is 0 Å². The number of carbonyl (C=O) groups is 2. The van der Waals surface area contributed by atoms with Crippen LogP contribution >= 0.6 is 0 Å². The molecule has 2 heterocycles. The summed E-state index contributed by atoms with van der Waals surface area (Å²) in [5, 5.41) is 3.63. The fraction of sp³-hybridized carbons (Fsp3) is 0.364. The van der Waals surface area contributed by atoms with E-state index in [0.717, 1.165) is 25.9 Å². The first-order valence-electron chi connectivity index (χ1n) is 10.1. The van der Waals surface area contributed by atoms with Crippen LogP contribution in [0.4, 0.5) is 5.82 Å². The monoisotopic (exact) mass is 424 g/mol. The summed E-state index contributed by atoms with van der Waals surface area (Å²) in [6.45, 7) is 2.40. The van der Waals surface area contributed by atoms with Crippen LogP contribution in [-0.4, -0.2) is 67.0 Å². The molecule has 0 saturated carbocycles. The minimum atomic E-state index is -0.264. The number of aromatic nitrogens is 2. The Kier molecular flexibility index (Phi) is 6.13. The van der Waals surface area contributed by atoms with Crippen molar-refractivity contribution in [3.8, 4) is 11.5 Å². The third kappa shape index (κ3) is 4.36. The van der Waals surface area contributed by atoms with Gasteiger partial charge in [0.25, 0.3) is 0 Å². The van der Waals surface area contributed by atoms with E-state index in [-0.39, 0.29) is 17.3 Å². The lowest BCUT2D eigenvalue weighted by Gasteiger charge is -2.22. The number of likely N-dealkylation sites (tertiary alicyclic amines) is 1. The van der Waals surface area contributed by atoms with E-state index in [1.807, 2.05) is 4.90 Å². The van der Waals surface area contributed by atoms with Gasteiger partial charge in [-0.2, -0.15) is 0 Å². The van der Waals surface area contributed by atoms with Crippen LogP contribution in [0.25, 0.3) is 10.9 Å². The number of ether oxygens (including phenoxy) is 3. The Morgan fingerprint density at radius 3 is 2.55 bits per heavy atom. The second-order valence-corrected chi connectivity index (χ2v) is 7.22. The van der Waals surface area contributed by atoms with E-state index >= 15 is 0 Å². The zero-order valence-electron chi connectivity index (χ0n) is 17.5. The first-order valence-corrected chi connectivity index (χ1v) is 10.1. The summed E-state index contributed by atoms with van der Waals surface area (Å²) in [7, 11) is 3.14. The maximum Gasteiger partial charge on any atom is 0.204 e. The van der Waals surface area contributed by atoms with Crippen molar-refractivity contribution in [2.24, 2.45) is 0 Å². The summed E-state index contributed by atoms with van der Waals surface area (Å²) in [6.07, 6.45) is 6.18. The summed E-state index contributed by atoms with van der Waals surface area (Å²) >= 11 is 0. The van der Waals surface area contributed by atoms with Gasteiger partial charge in [0.1, 0.15) is 18.8 Å². The number of nitrogens with zero attached hydrogens (tertiary/aromatic N) is 3. The maximum atomic E-state index is 12.7. The molecule has 0 spiro atoms. The van der Waals surface area contributed by atoms with Crippen molar-refractivity contribution < 1.29 is 23.8 Å². The second kappa shape index (κ2) is 9.13. The van der Waals surface area contributed by atoms with E-state index in [0.29, 0.717) is 47.1 Å². The van der Waals surface area contributed by atoms with Gasteiger partial charge in [-0.05, 0) is 18.9 Å². The highest BCUT2D eigenvalue weighted by Gasteiger charge is 2.26. The van der Waals surface area contributed by atoms with Gasteiger partial charge in [-0.25, -0.2) is 9.97 Å². The Morgan fingerprint density at radius 1 is 1.00 bits per heavy atom. The Bertz CT molecular complexity index is 1070. The second-order valence-electron chi connectivity index (χ2n) is 7.22. The largest absolute Gasteiger partial charge is 0.493 e. The van der Waals surface area contributed by atoms with Gasteiger partial charge < -0.3 is 24.4 Å². The van der Waals surface area contributed by atoms with Crippen molar-refractivity contribution in [2.75, 3.05) is 45.8 Å². The molecule has 0 unspecified atom stereocenters. The van der Waals surface area contributed by atoms with Gasteiger partial charge in [-0.1, -0.05) is 0 Å². The lowest BCUT2D eigenvalue weighted by Crippen LogP contribution is -2.29. The SMILES string of the molecule is COCCOc1cc2ncnc(NC3=CC(=O)C(N4CCCC4)=CC3=O)c2cc1OC. The van der Waals surface area contributed by atoms with Crippen molar-refractivity contribution in [1.29, 1.82) is 0 Å². The van der Waals surface area contributed by atoms with E-state index < -0.39 is 0 Å². The Hall–Kier alpha value is -3.46. The summed E-state index contributed by atoms with van der Waals surface area (Å²) in [4.78, 5) is 35.8. The number of carbonyl (C=O) groups excluding carboxylic acids is 2. The lowest BCUT2D eigenvalue weighted by molar-refractivity contribution is -0.116. The molecule has 1 aromatic heterocycles. The molecule has 4 rings (SSSR count). The molecule has 2 aliphatic rings. The van der Waals surface area contributed by atoms with Gasteiger partial charge in [-0.3, -0.25) is 9.59 Å². The van der Waals surface area contributed by atoms with Crippen molar-refractivity contribution in [3.63, 3.8) is 0 Å². The molecule has 1 saturated heterocycles. The summed E-state index contributed by atoms with van der Waals surface area (Å²) < 4.78 is 16.2. The predicted molar refractivity (Wildman–Crippen MR) is 114 cm³/mol. The van der Waals surface area contributed by atoms with E-state index in [9.17, 15) is 9.59 Å². The summed E-state index contributed by atoms with van der Waals surface area (Å²) in [5.41, 5.74) is 1.24. The first-order chi connectivity index (χ1) is 15.1. The van der Waals surface area contributed by atoms with Gasteiger partial charge in [-0.15, -0.1) is 0 Å². The average molecular weight is 424 g/mol. The highest BCUT2D eigenvalue weighted by Crippen LogP contribution is 2.34. The van der Waals surface area contributed by atoms with Crippen LogP contribution in [0.15, 0.2) is 42.0 Å². The Balaban J connectivity index is 1.60. The molecule has 31 heavy (non-hydrogen) atoms. The van der Waals surface area contributed by atoms with Crippen LogP contribution in [0.5, 0.6) is 11.5 Å². The first kappa shape index (κ1) is 20.8. The molecule has 0 atom stereocenters. The molecule has 1 fully saturated rings. The molecule has 0 bridgehead atoms. The smallest absolute Gasteiger partial charge is 0.204 e. The third-order valence-electron chi connectivity index (χ3n) is 5.23. The van der Waals surface area contributed by atoms with Gasteiger partial charge in [0.05, 0.1) is 30.6 Å². The zero-order valence-corrected chi connectivity index (χ0v) is 17.5. The van der Waals surface area contributed by atoms with Crippen LogP contribution in [0, 0.1) is 0 Å². The number of benzene rings is 1. The number of ketones is 2. The van der Waals surface area contributed by atoms with Crippen molar-refractivity contribution in [3.05, 3.63) is 42.0 Å². The number of hydrogen-bond acceptors (Lipinski definition) is 9. The summed E-state index contributed by atoms with van der Waals surface area (Å²) in [6, 6.07) is 3.48. The minimum absolute atomic E-state index is 0.173. The molecule has 0 amide bonds.